The molecule has 0 amide bonds. The molecule has 0 N–H and O–H groups in total. The number of anilines is 6. The summed E-state index contributed by atoms with van der Waals surface area (Å²) >= 11 is 0. The van der Waals surface area contributed by atoms with Crippen molar-refractivity contribution >= 4 is 44.9 Å². The minimum absolute atomic E-state index is 0.331. The molecule has 2 aliphatic heterocycles. The second-order valence-corrected chi connectivity index (χ2v) is 15.8. The molecule has 0 spiro atoms. The van der Waals surface area contributed by atoms with Crippen molar-refractivity contribution in [3.05, 3.63) is 230 Å². The molecule has 2 heterocycles. The van der Waals surface area contributed by atoms with E-state index in [2.05, 4.69) is 114 Å². The molecule has 0 atom stereocenters. The molecule has 298 valence electrons. The maximum atomic E-state index is 17.1. The average Bonchev–Trinajstić information content (AvgIpc) is 3.34. The van der Waals surface area contributed by atoms with Crippen LogP contribution in [0.2, 0.25) is 0 Å². The van der Waals surface area contributed by atoms with Gasteiger partial charge in [-0.05, 0) is 125 Å². The Labute approximate surface area is 364 Å². The number of fused-ring (bicyclic) bond motifs is 4. The van der Waals surface area contributed by atoms with Gasteiger partial charge in [0, 0.05) is 62.3 Å². The fraction of sp³-hybridized carbons (Fsp3) is 0. The lowest BCUT2D eigenvalue weighted by Gasteiger charge is -2.31. The van der Waals surface area contributed by atoms with Gasteiger partial charge in [-0.1, -0.05) is 115 Å². The van der Waals surface area contributed by atoms with Crippen molar-refractivity contribution in [1.29, 1.82) is 0 Å². The normalized spacial score (nSPS) is 11.8. The lowest BCUT2D eigenvalue weighted by Crippen LogP contribution is -2.14. The molecule has 12 rings (SSSR count). The minimum atomic E-state index is -0.331. The van der Waals surface area contributed by atoms with Crippen molar-refractivity contribution in [1.82, 2.24) is 0 Å². The quantitative estimate of drug-likeness (QED) is 0.153. The van der Waals surface area contributed by atoms with Gasteiger partial charge in [-0.2, -0.15) is 0 Å². The van der Waals surface area contributed by atoms with Crippen LogP contribution < -0.4 is 19.3 Å². The van der Waals surface area contributed by atoms with Crippen LogP contribution in [0, 0.1) is 5.82 Å². The van der Waals surface area contributed by atoms with Gasteiger partial charge in [0.1, 0.15) is 28.8 Å². The smallest absolute Gasteiger partial charge is 0.148 e. The Hall–Kier alpha value is -8.41. The number of rotatable bonds is 8. The van der Waals surface area contributed by atoms with Crippen LogP contribution in [0.3, 0.4) is 0 Å². The fourth-order valence-corrected chi connectivity index (χ4v) is 9.25. The molecule has 0 saturated carbocycles. The highest BCUT2D eigenvalue weighted by Crippen LogP contribution is 2.57. The lowest BCUT2D eigenvalue weighted by molar-refractivity contribution is 0.480. The second kappa shape index (κ2) is 14.9. The van der Waals surface area contributed by atoms with E-state index in [4.69, 9.17) is 9.47 Å². The number of ether oxygens (including phenoxy) is 2. The summed E-state index contributed by atoms with van der Waals surface area (Å²) in [5.74, 6) is 2.68. The van der Waals surface area contributed by atoms with Gasteiger partial charge < -0.3 is 19.3 Å². The predicted molar refractivity (Wildman–Crippen MR) is 255 cm³/mol. The van der Waals surface area contributed by atoms with Crippen LogP contribution in [0.5, 0.6) is 23.0 Å². The number of hydrogen-bond acceptors (Lipinski definition) is 4. The van der Waals surface area contributed by atoms with Crippen molar-refractivity contribution in [2.75, 3.05) is 9.80 Å². The highest BCUT2D eigenvalue weighted by Gasteiger charge is 2.30. The number of para-hydroxylation sites is 3. The van der Waals surface area contributed by atoms with Crippen LogP contribution in [0.4, 0.5) is 38.5 Å². The molecule has 0 radical (unpaired) electrons. The molecule has 0 saturated heterocycles. The number of nitrogens with zero attached hydrogens (tertiary/aromatic N) is 2. The SMILES string of the molecule is Fc1cc(-c2ccccc2)cc(-c2ccccc2)c1N(c1ccccc1)c1ccc2c(c1)Oc1ccc3c4c(ccc-2c14)Oc1cc(N(c2ccccc2)c2ccccc2)ccc1-3. The van der Waals surface area contributed by atoms with Gasteiger partial charge in [0.2, 0.25) is 0 Å². The van der Waals surface area contributed by atoms with Gasteiger partial charge in [0.05, 0.1) is 11.4 Å². The molecule has 10 aromatic rings. The monoisotopic (exact) mass is 812 g/mol. The van der Waals surface area contributed by atoms with Crippen molar-refractivity contribution in [3.8, 4) is 67.5 Å². The van der Waals surface area contributed by atoms with Crippen molar-refractivity contribution in [3.63, 3.8) is 0 Å². The molecule has 0 bridgehead atoms. The maximum absolute atomic E-state index is 17.1. The molecule has 4 nitrogen and oxygen atoms in total. The Bertz CT molecular complexity index is 3300. The Balaban J connectivity index is 0.970. The molecule has 0 aliphatic carbocycles. The van der Waals surface area contributed by atoms with E-state index in [1.165, 1.54) is 0 Å². The summed E-state index contributed by atoms with van der Waals surface area (Å²) in [7, 11) is 0. The van der Waals surface area contributed by atoms with E-state index in [1.807, 2.05) is 114 Å². The third-order valence-corrected chi connectivity index (χ3v) is 12.1. The van der Waals surface area contributed by atoms with E-state index < -0.39 is 0 Å². The van der Waals surface area contributed by atoms with Crippen LogP contribution in [0.1, 0.15) is 0 Å². The Kier molecular flexibility index (Phi) is 8.64. The van der Waals surface area contributed by atoms with E-state index in [0.29, 0.717) is 11.4 Å². The molecule has 0 fully saturated rings. The highest BCUT2D eigenvalue weighted by molar-refractivity contribution is 6.14. The Morgan fingerprint density at radius 2 is 0.698 bits per heavy atom. The lowest BCUT2D eigenvalue weighted by atomic mass is 9.88. The first-order valence-electron chi connectivity index (χ1n) is 21.1. The van der Waals surface area contributed by atoms with Crippen LogP contribution in [0.15, 0.2) is 224 Å². The van der Waals surface area contributed by atoms with Crippen LogP contribution in [0.25, 0.3) is 55.3 Å². The fourth-order valence-electron chi connectivity index (χ4n) is 9.25. The van der Waals surface area contributed by atoms with Gasteiger partial charge in [0.25, 0.3) is 0 Å². The van der Waals surface area contributed by atoms with Crippen LogP contribution in [-0.2, 0) is 0 Å². The predicted octanol–water partition coefficient (Wildman–Crippen LogP) is 16.8. The summed E-state index contributed by atoms with van der Waals surface area (Å²) in [6.07, 6.45) is 0. The summed E-state index contributed by atoms with van der Waals surface area (Å²) in [6, 6.07) is 75.5. The molecular formula is C58H37FN2O2. The zero-order chi connectivity index (χ0) is 41.9. The topological polar surface area (TPSA) is 24.9 Å². The Morgan fingerprint density at radius 1 is 0.286 bits per heavy atom. The number of halogens is 1. The third kappa shape index (κ3) is 6.21. The van der Waals surface area contributed by atoms with Crippen LogP contribution in [-0.4, -0.2) is 0 Å². The first kappa shape index (κ1) is 36.4. The second-order valence-electron chi connectivity index (χ2n) is 15.8. The number of hydrogen-bond donors (Lipinski definition) is 0. The molecule has 0 unspecified atom stereocenters. The summed E-state index contributed by atoms with van der Waals surface area (Å²) in [5, 5.41) is 2.02. The van der Waals surface area contributed by atoms with Gasteiger partial charge in [-0.3, -0.25) is 0 Å². The summed E-state index contributed by atoms with van der Waals surface area (Å²) in [5.41, 5.74) is 12.7. The van der Waals surface area contributed by atoms with Gasteiger partial charge in [-0.25, -0.2) is 4.39 Å². The van der Waals surface area contributed by atoms with E-state index in [-0.39, 0.29) is 5.82 Å². The first-order valence-corrected chi connectivity index (χ1v) is 21.1. The molecular weight excluding hydrogens is 776 g/mol. The van der Waals surface area contributed by atoms with E-state index in [1.54, 1.807) is 6.07 Å². The maximum Gasteiger partial charge on any atom is 0.148 e. The average molecular weight is 813 g/mol. The zero-order valence-corrected chi connectivity index (χ0v) is 34.0. The van der Waals surface area contributed by atoms with Crippen molar-refractivity contribution in [2.45, 2.75) is 0 Å². The van der Waals surface area contributed by atoms with Crippen molar-refractivity contribution in [2.24, 2.45) is 0 Å². The van der Waals surface area contributed by atoms with Gasteiger partial charge in [-0.15, -0.1) is 0 Å². The summed E-state index contributed by atoms with van der Waals surface area (Å²) < 4.78 is 30.8. The molecule has 2 aliphatic rings. The first-order chi connectivity index (χ1) is 31.2. The van der Waals surface area contributed by atoms with E-state index >= 15 is 4.39 Å². The van der Waals surface area contributed by atoms with E-state index in [9.17, 15) is 0 Å². The third-order valence-electron chi connectivity index (χ3n) is 12.1. The van der Waals surface area contributed by atoms with Gasteiger partial charge >= 0.3 is 0 Å². The summed E-state index contributed by atoms with van der Waals surface area (Å²) in [4.78, 5) is 4.25. The van der Waals surface area contributed by atoms with Crippen LogP contribution >= 0.6 is 0 Å². The number of benzene rings is 10. The molecule has 63 heavy (non-hydrogen) atoms. The zero-order valence-electron chi connectivity index (χ0n) is 34.0. The minimum Gasteiger partial charge on any atom is -0.456 e. The summed E-state index contributed by atoms with van der Waals surface area (Å²) in [6.45, 7) is 0. The largest absolute Gasteiger partial charge is 0.456 e. The van der Waals surface area contributed by atoms with Crippen molar-refractivity contribution < 1.29 is 13.9 Å². The molecule has 0 aromatic heterocycles. The highest BCUT2D eigenvalue weighted by atomic mass is 19.1. The Morgan fingerprint density at radius 3 is 1.19 bits per heavy atom. The molecule has 10 aromatic carbocycles. The molecule has 5 heteroatoms. The van der Waals surface area contributed by atoms with E-state index in [0.717, 1.165) is 101 Å². The van der Waals surface area contributed by atoms with Gasteiger partial charge in [0.15, 0.2) is 0 Å². The standard InChI is InChI=1S/C58H37FN2O2/c59-51-35-40(38-16-6-1-7-17-38)34-50(39-18-8-2-9-19-39)58(51)61(43-24-14-5-15-25-43)45-27-29-47-49-31-32-52-56-48(30-33-53(57(49)56)63-55(47)37-45)46-28-26-44(36-54(46)62-52)60(41-20-10-3-11-21-41)42-22-12-4-13-23-42/h1-37H.